The molecule has 0 saturated carbocycles. The molecule has 1 aliphatic heterocycles. The molecule has 0 spiro atoms. The van der Waals surface area contributed by atoms with Gasteiger partial charge < -0.3 is 4.74 Å². The van der Waals surface area contributed by atoms with Crippen LogP contribution in [0.5, 0.6) is 0 Å². The van der Waals surface area contributed by atoms with Crippen LogP contribution in [-0.4, -0.2) is 49.1 Å². The molecule has 1 aliphatic rings. The number of H-pyrrole nitrogens is 1. The number of piperidine rings is 1. The zero-order chi connectivity index (χ0) is 13.2. The normalized spacial score (nSPS) is 18.7. The first kappa shape index (κ1) is 13.0. The van der Waals surface area contributed by atoms with Crippen LogP contribution in [0.25, 0.3) is 0 Å². The first-order valence-electron chi connectivity index (χ1n) is 5.62. The van der Waals surface area contributed by atoms with Crippen LogP contribution in [0.1, 0.15) is 12.8 Å². The number of aromatic nitrogens is 2. The van der Waals surface area contributed by atoms with E-state index in [9.17, 15) is 13.2 Å². The SMILES string of the molecule is COC(=O)C1CCN(S(=O)(=O)c2cn[nH]c2)CC1. The second-order valence-corrected chi connectivity index (χ2v) is 6.07. The summed E-state index contributed by atoms with van der Waals surface area (Å²) in [6.07, 6.45) is 3.61. The van der Waals surface area contributed by atoms with Crippen LogP contribution in [-0.2, 0) is 19.6 Å². The van der Waals surface area contributed by atoms with Crippen LogP contribution in [0.4, 0.5) is 0 Å². The Labute approximate surface area is 105 Å². The second kappa shape index (κ2) is 5.07. The standard InChI is InChI=1S/C10H15N3O4S/c1-17-10(14)8-2-4-13(5-3-8)18(15,16)9-6-11-12-7-9/h6-8H,2-5H2,1H3,(H,11,12). The van der Waals surface area contributed by atoms with Gasteiger partial charge in [-0.2, -0.15) is 9.40 Å². The van der Waals surface area contributed by atoms with Gasteiger partial charge >= 0.3 is 5.97 Å². The molecule has 0 aliphatic carbocycles. The third-order valence-electron chi connectivity index (χ3n) is 3.10. The fourth-order valence-electron chi connectivity index (χ4n) is 2.03. The van der Waals surface area contributed by atoms with Gasteiger partial charge in [0.05, 0.1) is 19.2 Å². The highest BCUT2D eigenvalue weighted by Gasteiger charge is 2.32. The van der Waals surface area contributed by atoms with E-state index >= 15 is 0 Å². The molecule has 0 aromatic carbocycles. The summed E-state index contributed by atoms with van der Waals surface area (Å²) < 4.78 is 30.3. The largest absolute Gasteiger partial charge is 0.469 e. The Morgan fingerprint density at radius 1 is 1.50 bits per heavy atom. The number of aromatic amines is 1. The Hall–Kier alpha value is -1.41. The zero-order valence-electron chi connectivity index (χ0n) is 10.00. The van der Waals surface area contributed by atoms with Crippen molar-refractivity contribution in [1.82, 2.24) is 14.5 Å². The summed E-state index contributed by atoms with van der Waals surface area (Å²) >= 11 is 0. The Morgan fingerprint density at radius 3 is 2.67 bits per heavy atom. The van der Waals surface area contributed by atoms with Crippen LogP contribution in [0.2, 0.25) is 0 Å². The van der Waals surface area contributed by atoms with E-state index in [-0.39, 0.29) is 16.8 Å². The van der Waals surface area contributed by atoms with E-state index in [1.165, 1.54) is 23.8 Å². The molecule has 0 atom stereocenters. The highest BCUT2D eigenvalue weighted by molar-refractivity contribution is 7.89. The van der Waals surface area contributed by atoms with Crippen molar-refractivity contribution < 1.29 is 17.9 Å². The quantitative estimate of drug-likeness (QED) is 0.781. The lowest BCUT2D eigenvalue weighted by Gasteiger charge is -2.29. The maximum atomic E-state index is 12.1. The molecule has 2 heterocycles. The lowest BCUT2D eigenvalue weighted by atomic mass is 9.99. The molecule has 0 bridgehead atoms. The molecule has 1 aromatic rings. The molecule has 7 nitrogen and oxygen atoms in total. The zero-order valence-corrected chi connectivity index (χ0v) is 10.8. The molecule has 1 aromatic heterocycles. The van der Waals surface area contributed by atoms with E-state index < -0.39 is 10.0 Å². The van der Waals surface area contributed by atoms with Crippen molar-refractivity contribution >= 4 is 16.0 Å². The maximum absolute atomic E-state index is 12.1. The molecule has 2 rings (SSSR count). The molecular weight excluding hydrogens is 258 g/mol. The number of hydrogen-bond acceptors (Lipinski definition) is 5. The smallest absolute Gasteiger partial charge is 0.308 e. The third-order valence-corrected chi connectivity index (χ3v) is 4.96. The van der Waals surface area contributed by atoms with Crippen molar-refractivity contribution in [3.8, 4) is 0 Å². The molecule has 1 N–H and O–H groups in total. The Bertz CT molecular complexity index is 503. The first-order chi connectivity index (χ1) is 8.55. The topological polar surface area (TPSA) is 92.4 Å². The van der Waals surface area contributed by atoms with Gasteiger partial charge in [-0.15, -0.1) is 0 Å². The van der Waals surface area contributed by atoms with Crippen LogP contribution in [0, 0.1) is 5.92 Å². The number of esters is 1. The maximum Gasteiger partial charge on any atom is 0.308 e. The number of carbonyl (C=O) groups excluding carboxylic acids is 1. The lowest BCUT2D eigenvalue weighted by Crippen LogP contribution is -2.40. The van der Waals surface area contributed by atoms with Gasteiger partial charge in [-0.1, -0.05) is 0 Å². The van der Waals surface area contributed by atoms with Gasteiger partial charge in [0.15, 0.2) is 0 Å². The Balaban J connectivity index is 2.04. The highest BCUT2D eigenvalue weighted by atomic mass is 32.2. The number of ether oxygens (including phenoxy) is 1. The van der Waals surface area contributed by atoms with Gasteiger partial charge in [0.25, 0.3) is 0 Å². The number of hydrogen-bond donors (Lipinski definition) is 1. The van der Waals surface area contributed by atoms with Crippen LogP contribution >= 0.6 is 0 Å². The predicted molar refractivity (Wildman–Crippen MR) is 62.1 cm³/mol. The minimum Gasteiger partial charge on any atom is -0.469 e. The average Bonchev–Trinajstić information content (AvgIpc) is 2.92. The van der Waals surface area contributed by atoms with Gasteiger partial charge in [0.1, 0.15) is 4.90 Å². The summed E-state index contributed by atoms with van der Waals surface area (Å²) in [6.45, 7) is 0.653. The second-order valence-electron chi connectivity index (χ2n) is 4.14. The van der Waals surface area contributed by atoms with Gasteiger partial charge in [0, 0.05) is 19.3 Å². The third kappa shape index (κ3) is 2.39. The van der Waals surface area contributed by atoms with Crippen LogP contribution < -0.4 is 0 Å². The van der Waals surface area contributed by atoms with Crippen molar-refractivity contribution in [3.63, 3.8) is 0 Å². The van der Waals surface area contributed by atoms with Crippen LogP contribution in [0.15, 0.2) is 17.3 Å². The number of carbonyl (C=O) groups is 1. The van der Waals surface area contributed by atoms with Crippen molar-refractivity contribution in [2.24, 2.45) is 5.92 Å². The van der Waals surface area contributed by atoms with Gasteiger partial charge in [-0.3, -0.25) is 9.89 Å². The van der Waals surface area contributed by atoms with E-state index in [0.717, 1.165) is 0 Å². The highest BCUT2D eigenvalue weighted by Crippen LogP contribution is 2.23. The van der Waals surface area contributed by atoms with E-state index in [0.29, 0.717) is 25.9 Å². The molecule has 0 unspecified atom stereocenters. The van der Waals surface area contributed by atoms with Gasteiger partial charge in [-0.05, 0) is 12.8 Å². The molecule has 100 valence electrons. The number of nitrogens with zero attached hydrogens (tertiary/aromatic N) is 2. The predicted octanol–water partition coefficient (Wildman–Crippen LogP) is -0.0166. The fourth-order valence-corrected chi connectivity index (χ4v) is 3.40. The fraction of sp³-hybridized carbons (Fsp3) is 0.600. The Morgan fingerprint density at radius 2 is 2.17 bits per heavy atom. The average molecular weight is 273 g/mol. The minimum absolute atomic E-state index is 0.152. The summed E-state index contributed by atoms with van der Waals surface area (Å²) in [6, 6.07) is 0. The summed E-state index contributed by atoms with van der Waals surface area (Å²) in [7, 11) is -2.14. The van der Waals surface area contributed by atoms with E-state index in [2.05, 4.69) is 14.9 Å². The molecule has 1 fully saturated rings. The minimum atomic E-state index is -3.49. The summed E-state index contributed by atoms with van der Waals surface area (Å²) in [5.41, 5.74) is 0. The van der Waals surface area contributed by atoms with Crippen molar-refractivity contribution in [3.05, 3.63) is 12.4 Å². The van der Waals surface area contributed by atoms with Crippen molar-refractivity contribution in [2.75, 3.05) is 20.2 Å². The summed E-state index contributed by atoms with van der Waals surface area (Å²) in [5, 5.41) is 6.12. The molecular formula is C10H15N3O4S. The molecule has 1 saturated heterocycles. The van der Waals surface area contributed by atoms with E-state index in [1.54, 1.807) is 0 Å². The van der Waals surface area contributed by atoms with E-state index in [1.807, 2.05) is 0 Å². The summed E-state index contributed by atoms with van der Waals surface area (Å²) in [5.74, 6) is -0.471. The van der Waals surface area contributed by atoms with Gasteiger partial charge in [0.2, 0.25) is 10.0 Å². The monoisotopic (exact) mass is 273 g/mol. The molecule has 8 heteroatoms. The van der Waals surface area contributed by atoms with Crippen molar-refractivity contribution in [1.29, 1.82) is 0 Å². The molecule has 0 radical (unpaired) electrons. The van der Waals surface area contributed by atoms with Crippen molar-refractivity contribution in [2.45, 2.75) is 17.7 Å². The lowest BCUT2D eigenvalue weighted by molar-refractivity contribution is -0.146. The number of sulfonamides is 1. The van der Waals surface area contributed by atoms with Gasteiger partial charge in [-0.25, -0.2) is 8.42 Å². The number of methoxy groups -OCH3 is 1. The summed E-state index contributed by atoms with van der Waals surface area (Å²) in [4.78, 5) is 11.5. The van der Waals surface area contributed by atoms with E-state index in [4.69, 9.17) is 0 Å². The molecule has 0 amide bonds. The number of rotatable bonds is 3. The molecule has 18 heavy (non-hydrogen) atoms. The first-order valence-corrected chi connectivity index (χ1v) is 7.06. The number of nitrogens with one attached hydrogen (secondary N) is 1. The van der Waals surface area contributed by atoms with Crippen LogP contribution in [0.3, 0.4) is 0 Å². The Kier molecular flexibility index (Phi) is 3.67.